The fraction of sp³-hybridized carbons (Fsp3) is 0.500. The SMILES string of the molecule is CC(C)c1ccc(OCC(C)(C)C(=O)O)c(Br)c1. The summed E-state index contributed by atoms with van der Waals surface area (Å²) in [5.74, 6) is 0.261. The van der Waals surface area contributed by atoms with E-state index in [1.165, 1.54) is 5.56 Å². The van der Waals surface area contributed by atoms with E-state index in [1.807, 2.05) is 18.2 Å². The molecule has 0 fully saturated rings. The quantitative estimate of drug-likeness (QED) is 0.891. The van der Waals surface area contributed by atoms with Crippen LogP contribution in [-0.4, -0.2) is 17.7 Å². The van der Waals surface area contributed by atoms with E-state index in [2.05, 4.69) is 29.8 Å². The molecular formula is C14H19BrO3. The van der Waals surface area contributed by atoms with Crippen LogP contribution in [0.3, 0.4) is 0 Å². The summed E-state index contributed by atoms with van der Waals surface area (Å²) in [5.41, 5.74) is 0.322. The Kier molecular flexibility index (Phi) is 4.79. The molecule has 0 aromatic heterocycles. The predicted molar refractivity (Wildman–Crippen MR) is 75.1 cm³/mol. The minimum atomic E-state index is -0.893. The molecule has 1 rings (SSSR count). The zero-order chi connectivity index (χ0) is 13.9. The Morgan fingerprint density at radius 2 is 2.06 bits per heavy atom. The van der Waals surface area contributed by atoms with Gasteiger partial charge in [-0.2, -0.15) is 0 Å². The van der Waals surface area contributed by atoms with E-state index in [4.69, 9.17) is 9.84 Å². The molecule has 0 radical (unpaired) electrons. The lowest BCUT2D eigenvalue weighted by atomic mass is 9.95. The number of halogens is 1. The van der Waals surface area contributed by atoms with Crippen molar-refractivity contribution in [3.8, 4) is 5.75 Å². The van der Waals surface area contributed by atoms with Gasteiger partial charge >= 0.3 is 5.97 Å². The number of aliphatic carboxylic acids is 1. The average Bonchev–Trinajstić information content (AvgIpc) is 2.26. The highest BCUT2D eigenvalue weighted by Crippen LogP contribution is 2.30. The first-order valence-corrected chi connectivity index (χ1v) is 6.69. The molecule has 0 bridgehead atoms. The van der Waals surface area contributed by atoms with Gasteiger partial charge in [-0.1, -0.05) is 19.9 Å². The molecule has 0 spiro atoms. The van der Waals surface area contributed by atoms with Crippen LogP contribution >= 0.6 is 15.9 Å². The molecule has 4 heteroatoms. The topological polar surface area (TPSA) is 46.5 Å². The Balaban J connectivity index is 2.78. The zero-order valence-corrected chi connectivity index (χ0v) is 12.7. The van der Waals surface area contributed by atoms with E-state index < -0.39 is 11.4 Å². The number of hydrogen-bond donors (Lipinski definition) is 1. The summed E-state index contributed by atoms with van der Waals surface area (Å²) in [6.07, 6.45) is 0. The van der Waals surface area contributed by atoms with E-state index in [9.17, 15) is 4.79 Å². The van der Waals surface area contributed by atoms with Crippen molar-refractivity contribution in [2.45, 2.75) is 33.6 Å². The van der Waals surface area contributed by atoms with E-state index in [1.54, 1.807) is 13.8 Å². The summed E-state index contributed by atoms with van der Waals surface area (Å²) in [4.78, 5) is 11.0. The number of carboxylic acid groups (broad SMARTS) is 1. The lowest BCUT2D eigenvalue weighted by Crippen LogP contribution is -2.30. The fourth-order valence-corrected chi connectivity index (χ4v) is 1.82. The Hall–Kier alpha value is -1.03. The highest BCUT2D eigenvalue weighted by Gasteiger charge is 2.28. The lowest BCUT2D eigenvalue weighted by molar-refractivity contribution is -0.148. The van der Waals surface area contributed by atoms with Gasteiger partial charge in [0.2, 0.25) is 0 Å². The van der Waals surface area contributed by atoms with Crippen LogP contribution in [0.5, 0.6) is 5.75 Å². The molecule has 0 aliphatic rings. The number of rotatable bonds is 5. The summed E-state index contributed by atoms with van der Waals surface area (Å²) >= 11 is 3.45. The second-order valence-electron chi connectivity index (χ2n) is 5.32. The van der Waals surface area contributed by atoms with Crippen molar-refractivity contribution in [1.82, 2.24) is 0 Å². The first-order valence-electron chi connectivity index (χ1n) is 5.89. The number of carboxylic acids is 1. The number of carbonyl (C=O) groups is 1. The van der Waals surface area contributed by atoms with Gasteiger partial charge < -0.3 is 9.84 Å². The van der Waals surface area contributed by atoms with Crippen molar-refractivity contribution in [1.29, 1.82) is 0 Å². The Morgan fingerprint density at radius 3 is 2.50 bits per heavy atom. The van der Waals surface area contributed by atoms with Crippen LogP contribution < -0.4 is 4.74 Å². The molecule has 0 amide bonds. The Morgan fingerprint density at radius 1 is 1.44 bits per heavy atom. The molecular weight excluding hydrogens is 296 g/mol. The summed E-state index contributed by atoms with van der Waals surface area (Å²) in [6, 6.07) is 5.88. The zero-order valence-electron chi connectivity index (χ0n) is 11.2. The molecule has 0 unspecified atom stereocenters. The minimum Gasteiger partial charge on any atom is -0.491 e. The molecule has 18 heavy (non-hydrogen) atoms. The average molecular weight is 315 g/mol. The third-order valence-corrected chi connectivity index (χ3v) is 3.41. The molecule has 0 heterocycles. The molecule has 0 aliphatic carbocycles. The summed E-state index contributed by atoms with van der Waals surface area (Å²) in [7, 11) is 0. The number of ether oxygens (including phenoxy) is 1. The Bertz CT molecular complexity index is 439. The van der Waals surface area contributed by atoms with Crippen molar-refractivity contribution < 1.29 is 14.6 Å². The van der Waals surface area contributed by atoms with Crippen LogP contribution in [0.4, 0.5) is 0 Å². The second kappa shape index (κ2) is 5.74. The summed E-state index contributed by atoms with van der Waals surface area (Å²) in [6.45, 7) is 7.67. The highest BCUT2D eigenvalue weighted by atomic mass is 79.9. The summed E-state index contributed by atoms with van der Waals surface area (Å²) in [5, 5.41) is 9.01. The standard InChI is InChI=1S/C14H19BrO3/c1-9(2)10-5-6-12(11(15)7-10)18-8-14(3,4)13(16)17/h5-7,9H,8H2,1-4H3,(H,16,17). The highest BCUT2D eigenvalue weighted by molar-refractivity contribution is 9.10. The maximum Gasteiger partial charge on any atom is 0.312 e. The van der Waals surface area contributed by atoms with Gasteiger partial charge in [-0.05, 0) is 53.4 Å². The lowest BCUT2D eigenvalue weighted by Gasteiger charge is -2.20. The molecule has 3 nitrogen and oxygen atoms in total. The first kappa shape index (κ1) is 15.0. The minimum absolute atomic E-state index is 0.141. The molecule has 0 saturated carbocycles. The maximum atomic E-state index is 11.0. The van der Waals surface area contributed by atoms with Crippen LogP contribution in [0.1, 0.15) is 39.2 Å². The second-order valence-corrected chi connectivity index (χ2v) is 6.18. The van der Waals surface area contributed by atoms with Gasteiger partial charge in [0.1, 0.15) is 12.4 Å². The molecule has 0 atom stereocenters. The van der Waals surface area contributed by atoms with Crippen LogP contribution in [0.2, 0.25) is 0 Å². The first-order chi connectivity index (χ1) is 8.24. The van der Waals surface area contributed by atoms with Crippen molar-refractivity contribution in [2.75, 3.05) is 6.61 Å². The summed E-state index contributed by atoms with van der Waals surface area (Å²) < 4.78 is 6.43. The van der Waals surface area contributed by atoms with Crippen LogP contribution in [-0.2, 0) is 4.79 Å². The normalized spacial score (nSPS) is 11.7. The van der Waals surface area contributed by atoms with E-state index >= 15 is 0 Å². The number of benzene rings is 1. The third-order valence-electron chi connectivity index (χ3n) is 2.79. The molecule has 1 aromatic rings. The largest absolute Gasteiger partial charge is 0.491 e. The van der Waals surface area contributed by atoms with Crippen LogP contribution in [0.15, 0.2) is 22.7 Å². The molecule has 100 valence electrons. The monoisotopic (exact) mass is 314 g/mol. The van der Waals surface area contributed by atoms with Crippen molar-refractivity contribution in [3.05, 3.63) is 28.2 Å². The van der Waals surface area contributed by atoms with E-state index in [0.717, 1.165) is 4.47 Å². The van der Waals surface area contributed by atoms with E-state index in [0.29, 0.717) is 11.7 Å². The van der Waals surface area contributed by atoms with Gasteiger partial charge in [0.25, 0.3) is 0 Å². The smallest absolute Gasteiger partial charge is 0.312 e. The third kappa shape index (κ3) is 3.73. The van der Waals surface area contributed by atoms with Crippen molar-refractivity contribution in [3.63, 3.8) is 0 Å². The Labute approximate surface area is 116 Å². The molecule has 1 N–H and O–H groups in total. The van der Waals surface area contributed by atoms with Gasteiger partial charge in [0.15, 0.2) is 0 Å². The van der Waals surface area contributed by atoms with Gasteiger partial charge in [-0.3, -0.25) is 4.79 Å². The fourth-order valence-electron chi connectivity index (χ4n) is 1.31. The van der Waals surface area contributed by atoms with E-state index in [-0.39, 0.29) is 6.61 Å². The van der Waals surface area contributed by atoms with Crippen LogP contribution in [0.25, 0.3) is 0 Å². The van der Waals surface area contributed by atoms with Gasteiger partial charge in [0, 0.05) is 0 Å². The molecule has 1 aromatic carbocycles. The number of hydrogen-bond acceptors (Lipinski definition) is 2. The molecule has 0 saturated heterocycles. The van der Waals surface area contributed by atoms with Gasteiger partial charge in [0.05, 0.1) is 9.89 Å². The van der Waals surface area contributed by atoms with Crippen molar-refractivity contribution >= 4 is 21.9 Å². The maximum absolute atomic E-state index is 11.0. The molecule has 0 aliphatic heterocycles. The van der Waals surface area contributed by atoms with Crippen molar-refractivity contribution in [2.24, 2.45) is 5.41 Å². The van der Waals surface area contributed by atoms with Gasteiger partial charge in [-0.25, -0.2) is 0 Å². The van der Waals surface area contributed by atoms with Gasteiger partial charge in [-0.15, -0.1) is 0 Å². The van der Waals surface area contributed by atoms with Crippen LogP contribution in [0, 0.1) is 5.41 Å². The predicted octanol–water partition coefficient (Wildman–Crippen LogP) is 4.06.